The van der Waals surface area contributed by atoms with Crippen LogP contribution in [0, 0.1) is 0 Å². The van der Waals surface area contributed by atoms with Gasteiger partial charge in [0.1, 0.15) is 0 Å². The minimum atomic E-state index is -0.523. The van der Waals surface area contributed by atoms with Gasteiger partial charge in [0, 0.05) is 35.8 Å². The Morgan fingerprint density at radius 2 is 1.61 bits per heavy atom. The first-order valence-corrected chi connectivity index (χ1v) is 8.51. The molecule has 0 radical (unpaired) electrons. The third-order valence-electron chi connectivity index (χ3n) is 3.97. The van der Waals surface area contributed by atoms with E-state index in [4.69, 9.17) is 5.73 Å². The summed E-state index contributed by atoms with van der Waals surface area (Å²) in [6.07, 6.45) is 3.05. The van der Waals surface area contributed by atoms with Crippen LogP contribution in [0.15, 0.2) is 73.1 Å². The van der Waals surface area contributed by atoms with Gasteiger partial charge in [-0.15, -0.1) is 0 Å². The molecule has 0 aliphatic rings. The molecule has 7 heteroatoms. The highest BCUT2D eigenvalue weighted by molar-refractivity contribution is 6.05. The number of carbonyl (C=O) groups is 3. The molecule has 4 N–H and O–H groups in total. The molecule has 3 amide bonds. The molecular weight excluding hydrogens is 356 g/mol. The van der Waals surface area contributed by atoms with E-state index >= 15 is 0 Å². The zero-order valence-electron chi connectivity index (χ0n) is 14.9. The van der Waals surface area contributed by atoms with Crippen LogP contribution in [0.2, 0.25) is 0 Å². The molecule has 0 saturated carbocycles. The maximum atomic E-state index is 12.4. The van der Waals surface area contributed by atoms with Crippen LogP contribution >= 0.6 is 0 Å². The summed E-state index contributed by atoms with van der Waals surface area (Å²) in [5.74, 6) is -1.14. The summed E-state index contributed by atoms with van der Waals surface area (Å²) in [6, 6.07) is 16.7. The highest BCUT2D eigenvalue weighted by Crippen LogP contribution is 2.13. The van der Waals surface area contributed by atoms with Gasteiger partial charge in [-0.05, 0) is 48.0 Å². The normalized spacial score (nSPS) is 10.1. The van der Waals surface area contributed by atoms with Gasteiger partial charge in [0.2, 0.25) is 5.91 Å². The van der Waals surface area contributed by atoms with Crippen molar-refractivity contribution >= 4 is 23.4 Å². The number of nitrogens with one attached hydrogen (secondary N) is 2. The molecule has 0 atom stereocenters. The molecule has 140 valence electrons. The number of primary amides is 1. The monoisotopic (exact) mass is 374 g/mol. The molecule has 28 heavy (non-hydrogen) atoms. The van der Waals surface area contributed by atoms with Gasteiger partial charge in [0.25, 0.3) is 11.8 Å². The van der Waals surface area contributed by atoms with Crippen molar-refractivity contribution in [3.8, 4) is 0 Å². The van der Waals surface area contributed by atoms with Crippen molar-refractivity contribution in [1.82, 2.24) is 10.3 Å². The lowest BCUT2D eigenvalue weighted by Gasteiger charge is -2.09. The fourth-order valence-corrected chi connectivity index (χ4v) is 2.56. The van der Waals surface area contributed by atoms with Crippen LogP contribution in [-0.4, -0.2) is 22.7 Å². The fraction of sp³-hybridized carbons (Fsp3) is 0.0476. The molecule has 0 aliphatic heterocycles. The Labute approximate surface area is 161 Å². The van der Waals surface area contributed by atoms with Crippen LogP contribution in [0.5, 0.6) is 0 Å². The van der Waals surface area contributed by atoms with Crippen molar-refractivity contribution in [2.75, 3.05) is 5.32 Å². The van der Waals surface area contributed by atoms with E-state index in [-0.39, 0.29) is 18.4 Å². The van der Waals surface area contributed by atoms with Crippen molar-refractivity contribution < 1.29 is 14.4 Å². The Morgan fingerprint density at radius 3 is 2.36 bits per heavy atom. The van der Waals surface area contributed by atoms with Gasteiger partial charge in [-0.25, -0.2) is 0 Å². The number of carbonyl (C=O) groups excluding carboxylic acids is 3. The Kier molecular flexibility index (Phi) is 5.76. The summed E-state index contributed by atoms with van der Waals surface area (Å²) in [6.45, 7) is 0.242. The van der Waals surface area contributed by atoms with Crippen LogP contribution in [0.4, 0.5) is 5.69 Å². The van der Waals surface area contributed by atoms with E-state index in [1.165, 1.54) is 6.20 Å². The van der Waals surface area contributed by atoms with Gasteiger partial charge in [-0.1, -0.05) is 18.2 Å². The number of aromatic nitrogens is 1. The second kappa shape index (κ2) is 8.59. The molecule has 7 nitrogen and oxygen atoms in total. The van der Waals surface area contributed by atoms with Crippen LogP contribution in [0.1, 0.15) is 36.6 Å². The van der Waals surface area contributed by atoms with Gasteiger partial charge in [0.15, 0.2) is 0 Å². The van der Waals surface area contributed by atoms with Gasteiger partial charge < -0.3 is 16.4 Å². The molecular formula is C21H18N4O3. The lowest BCUT2D eigenvalue weighted by atomic mass is 10.1. The van der Waals surface area contributed by atoms with Crippen molar-refractivity contribution in [3.63, 3.8) is 0 Å². The highest BCUT2D eigenvalue weighted by Gasteiger charge is 2.10. The topological polar surface area (TPSA) is 114 Å². The highest BCUT2D eigenvalue weighted by atomic mass is 16.2. The SMILES string of the molecule is NC(=O)c1cccc(CNC(=O)c2cccc(NC(=O)c3cccnc3)c2)c1. The van der Waals surface area contributed by atoms with Gasteiger partial charge in [-0.2, -0.15) is 0 Å². The summed E-state index contributed by atoms with van der Waals surface area (Å²) in [5, 5.41) is 5.52. The van der Waals surface area contributed by atoms with Crippen LogP contribution in [0.25, 0.3) is 0 Å². The first kappa shape index (κ1) is 18.8. The van der Waals surface area contributed by atoms with E-state index in [1.54, 1.807) is 66.9 Å². The zero-order chi connectivity index (χ0) is 19.9. The zero-order valence-corrected chi connectivity index (χ0v) is 14.9. The molecule has 3 aromatic rings. The van der Waals surface area contributed by atoms with Crippen molar-refractivity contribution in [3.05, 3.63) is 95.3 Å². The number of rotatable bonds is 6. The molecule has 3 rings (SSSR count). The number of hydrogen-bond acceptors (Lipinski definition) is 4. The van der Waals surface area contributed by atoms with Crippen LogP contribution in [0.3, 0.4) is 0 Å². The Morgan fingerprint density at radius 1 is 0.857 bits per heavy atom. The maximum absolute atomic E-state index is 12.4. The summed E-state index contributed by atoms with van der Waals surface area (Å²) >= 11 is 0. The smallest absolute Gasteiger partial charge is 0.257 e. The number of amides is 3. The Hall–Kier alpha value is -4.00. The molecule has 0 aliphatic carbocycles. The quantitative estimate of drug-likeness (QED) is 0.614. The number of benzene rings is 2. The lowest BCUT2D eigenvalue weighted by molar-refractivity contribution is 0.0949. The fourth-order valence-electron chi connectivity index (χ4n) is 2.56. The van der Waals surface area contributed by atoms with E-state index < -0.39 is 5.91 Å². The molecule has 0 bridgehead atoms. The summed E-state index contributed by atoms with van der Waals surface area (Å²) < 4.78 is 0. The summed E-state index contributed by atoms with van der Waals surface area (Å²) in [7, 11) is 0. The molecule has 0 unspecified atom stereocenters. The minimum Gasteiger partial charge on any atom is -0.366 e. The number of pyridine rings is 1. The first-order chi connectivity index (χ1) is 13.5. The van der Waals surface area contributed by atoms with Crippen molar-refractivity contribution in [2.24, 2.45) is 5.73 Å². The predicted molar refractivity (Wildman–Crippen MR) is 105 cm³/mol. The van der Waals surface area contributed by atoms with E-state index in [2.05, 4.69) is 15.6 Å². The molecule has 0 fully saturated rings. The lowest BCUT2D eigenvalue weighted by Crippen LogP contribution is -2.23. The average Bonchev–Trinajstić information content (AvgIpc) is 2.73. The standard InChI is InChI=1S/C21H18N4O3/c22-19(26)15-5-1-4-14(10-15)12-24-20(27)16-6-2-8-18(11-16)25-21(28)17-7-3-9-23-13-17/h1-11,13H,12H2,(H2,22,26)(H,24,27)(H,25,28). The number of nitrogens with zero attached hydrogens (tertiary/aromatic N) is 1. The molecule has 0 saturated heterocycles. The van der Waals surface area contributed by atoms with Crippen molar-refractivity contribution in [1.29, 1.82) is 0 Å². The van der Waals surface area contributed by atoms with E-state index in [0.29, 0.717) is 22.4 Å². The Bertz CT molecular complexity index is 1020. The predicted octanol–water partition coefficient (Wildman–Crippen LogP) is 2.36. The summed E-state index contributed by atoms with van der Waals surface area (Å²) in [4.78, 5) is 39.8. The van der Waals surface area contributed by atoms with Crippen molar-refractivity contribution in [2.45, 2.75) is 6.54 Å². The number of hydrogen-bond donors (Lipinski definition) is 3. The molecule has 1 heterocycles. The van der Waals surface area contributed by atoms with E-state index in [9.17, 15) is 14.4 Å². The average molecular weight is 374 g/mol. The summed E-state index contributed by atoms with van der Waals surface area (Å²) in [5.41, 5.74) is 7.72. The molecule has 0 spiro atoms. The first-order valence-electron chi connectivity index (χ1n) is 8.51. The number of anilines is 1. The third kappa shape index (κ3) is 4.79. The second-order valence-corrected chi connectivity index (χ2v) is 6.02. The van der Waals surface area contributed by atoms with Gasteiger partial charge >= 0.3 is 0 Å². The largest absolute Gasteiger partial charge is 0.366 e. The van der Waals surface area contributed by atoms with E-state index in [0.717, 1.165) is 5.56 Å². The second-order valence-electron chi connectivity index (χ2n) is 6.02. The molecule has 1 aromatic heterocycles. The van der Waals surface area contributed by atoms with Crippen LogP contribution < -0.4 is 16.4 Å². The Balaban J connectivity index is 1.64. The molecule has 2 aromatic carbocycles. The van der Waals surface area contributed by atoms with Gasteiger partial charge in [-0.3, -0.25) is 19.4 Å². The van der Waals surface area contributed by atoms with Crippen LogP contribution in [-0.2, 0) is 6.54 Å². The number of nitrogens with two attached hydrogens (primary N) is 1. The van der Waals surface area contributed by atoms with E-state index in [1.807, 2.05) is 0 Å². The third-order valence-corrected chi connectivity index (χ3v) is 3.97. The van der Waals surface area contributed by atoms with Gasteiger partial charge in [0.05, 0.1) is 5.56 Å². The minimum absolute atomic E-state index is 0.242. The maximum Gasteiger partial charge on any atom is 0.257 e.